The van der Waals surface area contributed by atoms with Crippen molar-refractivity contribution in [2.75, 3.05) is 13.2 Å². The number of hydrogen-bond acceptors (Lipinski definition) is 8. The monoisotopic (exact) mass is 611 g/mol. The Hall–Kier alpha value is -1.59. The molecule has 9 heteroatoms. The highest BCUT2D eigenvalue weighted by molar-refractivity contribution is 5.76. The molecule has 1 saturated heterocycles. The maximum absolute atomic E-state index is 12.7. The van der Waals surface area contributed by atoms with Gasteiger partial charge in [0.1, 0.15) is 24.4 Å². The van der Waals surface area contributed by atoms with Crippen LogP contribution < -0.4 is 5.32 Å². The number of ether oxygens (including phenoxy) is 2. The minimum Gasteiger partial charge on any atom is -0.394 e. The molecule has 0 aromatic rings. The molecule has 1 rings (SSSR count). The number of aliphatic hydroxyl groups excluding tert-OH is 5. The summed E-state index contributed by atoms with van der Waals surface area (Å²) >= 11 is 0. The number of carbonyl (C=O) groups is 1. The van der Waals surface area contributed by atoms with E-state index in [0.717, 1.165) is 70.6 Å². The van der Waals surface area contributed by atoms with Gasteiger partial charge >= 0.3 is 0 Å². The maximum Gasteiger partial charge on any atom is 0.220 e. The van der Waals surface area contributed by atoms with Gasteiger partial charge < -0.3 is 40.3 Å². The number of nitrogens with one attached hydrogen (secondary N) is 1. The summed E-state index contributed by atoms with van der Waals surface area (Å²) in [5.74, 6) is -0.205. The lowest BCUT2D eigenvalue weighted by molar-refractivity contribution is -0.302. The van der Waals surface area contributed by atoms with Gasteiger partial charge in [0.25, 0.3) is 0 Å². The van der Waals surface area contributed by atoms with E-state index in [9.17, 15) is 30.3 Å². The molecule has 7 atom stereocenters. The van der Waals surface area contributed by atoms with E-state index in [4.69, 9.17) is 9.47 Å². The molecule has 1 fully saturated rings. The van der Waals surface area contributed by atoms with Crippen molar-refractivity contribution in [1.82, 2.24) is 5.32 Å². The fraction of sp³-hybridized carbons (Fsp3) is 0.794. The van der Waals surface area contributed by atoms with E-state index in [1.165, 1.54) is 25.7 Å². The van der Waals surface area contributed by atoms with Crippen LogP contribution in [0, 0.1) is 0 Å². The smallest absolute Gasteiger partial charge is 0.220 e. The fourth-order valence-electron chi connectivity index (χ4n) is 4.85. The number of aliphatic hydroxyl groups is 5. The van der Waals surface area contributed by atoms with Gasteiger partial charge in [-0.2, -0.15) is 0 Å². The first kappa shape index (κ1) is 39.4. The van der Waals surface area contributed by atoms with Crippen molar-refractivity contribution in [1.29, 1.82) is 0 Å². The number of rotatable bonds is 25. The number of allylic oxidation sites excluding steroid dienone is 5. The van der Waals surface area contributed by atoms with E-state index >= 15 is 0 Å². The van der Waals surface area contributed by atoms with Gasteiger partial charge in [0.2, 0.25) is 5.91 Å². The number of amides is 1. The SMILES string of the molecule is CCCC/C=C/CC/C=C/C(O)C(COC1OC(CO)C(O)C(O)C1O)NC(=O)CCCCCCC/C=C\CCCCC. The Morgan fingerprint density at radius 3 is 2.02 bits per heavy atom. The van der Waals surface area contributed by atoms with E-state index in [-0.39, 0.29) is 12.5 Å². The van der Waals surface area contributed by atoms with Crippen molar-refractivity contribution in [3.63, 3.8) is 0 Å². The lowest BCUT2D eigenvalue weighted by Gasteiger charge is -2.40. The zero-order valence-electron chi connectivity index (χ0n) is 26.7. The lowest BCUT2D eigenvalue weighted by atomic mass is 9.99. The Morgan fingerprint density at radius 2 is 1.35 bits per heavy atom. The highest BCUT2D eigenvalue weighted by atomic mass is 16.7. The first-order valence-electron chi connectivity index (χ1n) is 16.7. The molecule has 0 aromatic carbocycles. The van der Waals surface area contributed by atoms with E-state index in [0.29, 0.717) is 6.42 Å². The lowest BCUT2D eigenvalue weighted by Crippen LogP contribution is -2.60. The van der Waals surface area contributed by atoms with Gasteiger partial charge in [-0.15, -0.1) is 0 Å². The minimum atomic E-state index is -1.57. The van der Waals surface area contributed by atoms with Gasteiger partial charge in [0, 0.05) is 6.42 Å². The molecule has 1 aliphatic rings. The predicted molar refractivity (Wildman–Crippen MR) is 170 cm³/mol. The largest absolute Gasteiger partial charge is 0.394 e. The first-order chi connectivity index (χ1) is 20.8. The van der Waals surface area contributed by atoms with Crippen LogP contribution in [0.5, 0.6) is 0 Å². The molecule has 0 radical (unpaired) electrons. The molecule has 1 amide bonds. The van der Waals surface area contributed by atoms with Crippen molar-refractivity contribution in [3.8, 4) is 0 Å². The maximum atomic E-state index is 12.7. The van der Waals surface area contributed by atoms with Crippen LogP contribution in [0.25, 0.3) is 0 Å². The second kappa shape index (κ2) is 25.7. The molecule has 1 aliphatic heterocycles. The zero-order chi connectivity index (χ0) is 31.7. The third-order valence-electron chi connectivity index (χ3n) is 7.69. The molecule has 7 unspecified atom stereocenters. The van der Waals surface area contributed by atoms with Crippen LogP contribution in [0.2, 0.25) is 0 Å². The Bertz CT molecular complexity index is 771. The quantitative estimate of drug-likeness (QED) is 0.0648. The van der Waals surface area contributed by atoms with Gasteiger partial charge in [-0.05, 0) is 51.4 Å². The van der Waals surface area contributed by atoms with Crippen LogP contribution in [0.3, 0.4) is 0 Å². The molecule has 0 aliphatic carbocycles. The molecular formula is C34H61NO8. The molecule has 0 bridgehead atoms. The summed E-state index contributed by atoms with van der Waals surface area (Å²) in [7, 11) is 0. The zero-order valence-corrected chi connectivity index (χ0v) is 26.7. The Balaban J connectivity index is 2.54. The van der Waals surface area contributed by atoms with E-state index in [1.54, 1.807) is 6.08 Å². The Labute approximate surface area is 260 Å². The molecule has 1 heterocycles. The van der Waals surface area contributed by atoms with Gasteiger partial charge in [-0.1, -0.05) is 95.2 Å². The van der Waals surface area contributed by atoms with E-state index in [2.05, 4.69) is 43.5 Å². The van der Waals surface area contributed by atoms with Crippen molar-refractivity contribution in [2.24, 2.45) is 0 Å². The second-order valence-corrected chi connectivity index (χ2v) is 11.6. The third-order valence-corrected chi connectivity index (χ3v) is 7.69. The molecule has 0 saturated carbocycles. The Kier molecular flexibility index (Phi) is 23.6. The van der Waals surface area contributed by atoms with Crippen LogP contribution in [-0.2, 0) is 14.3 Å². The average molecular weight is 612 g/mol. The fourth-order valence-corrected chi connectivity index (χ4v) is 4.85. The highest BCUT2D eigenvalue weighted by Crippen LogP contribution is 2.22. The number of carbonyl (C=O) groups excluding carboxylic acids is 1. The molecule has 250 valence electrons. The Morgan fingerprint density at radius 1 is 0.767 bits per heavy atom. The molecule has 6 N–H and O–H groups in total. The van der Waals surface area contributed by atoms with Gasteiger partial charge in [0.15, 0.2) is 6.29 Å². The first-order valence-corrected chi connectivity index (χ1v) is 16.7. The summed E-state index contributed by atoms with van der Waals surface area (Å²) in [5.41, 5.74) is 0. The summed E-state index contributed by atoms with van der Waals surface area (Å²) in [6, 6.07) is -0.819. The van der Waals surface area contributed by atoms with E-state index in [1.807, 2.05) is 6.08 Å². The average Bonchev–Trinajstić information content (AvgIpc) is 3.00. The molecule has 43 heavy (non-hydrogen) atoms. The molecular weight excluding hydrogens is 550 g/mol. The summed E-state index contributed by atoms with van der Waals surface area (Å²) in [5, 5.41) is 53.5. The van der Waals surface area contributed by atoms with Crippen molar-refractivity contribution in [2.45, 2.75) is 159 Å². The van der Waals surface area contributed by atoms with Crippen molar-refractivity contribution < 1.29 is 39.8 Å². The summed E-state index contributed by atoms with van der Waals surface area (Å²) in [6.45, 7) is 3.60. The molecule has 9 nitrogen and oxygen atoms in total. The topological polar surface area (TPSA) is 149 Å². The predicted octanol–water partition coefficient (Wildman–Crippen LogP) is 4.60. The van der Waals surface area contributed by atoms with Crippen LogP contribution >= 0.6 is 0 Å². The van der Waals surface area contributed by atoms with Gasteiger partial charge in [0.05, 0.1) is 25.4 Å². The van der Waals surface area contributed by atoms with Crippen LogP contribution in [0.15, 0.2) is 36.5 Å². The molecule has 0 spiro atoms. The van der Waals surface area contributed by atoms with Crippen molar-refractivity contribution in [3.05, 3.63) is 36.5 Å². The number of hydrogen-bond donors (Lipinski definition) is 6. The van der Waals surface area contributed by atoms with Gasteiger partial charge in [-0.3, -0.25) is 4.79 Å². The highest BCUT2D eigenvalue weighted by Gasteiger charge is 2.44. The van der Waals surface area contributed by atoms with E-state index < -0.39 is 49.5 Å². The van der Waals surface area contributed by atoms with Crippen LogP contribution in [-0.4, -0.2) is 87.5 Å². The third kappa shape index (κ3) is 18.1. The van der Waals surface area contributed by atoms with Crippen LogP contribution in [0.1, 0.15) is 117 Å². The normalized spacial score (nSPS) is 24.3. The van der Waals surface area contributed by atoms with Crippen LogP contribution in [0.4, 0.5) is 0 Å². The number of unbranched alkanes of at least 4 members (excludes halogenated alkanes) is 11. The second-order valence-electron chi connectivity index (χ2n) is 11.6. The van der Waals surface area contributed by atoms with Crippen molar-refractivity contribution >= 4 is 5.91 Å². The molecule has 0 aromatic heterocycles. The summed E-state index contributed by atoms with van der Waals surface area (Å²) < 4.78 is 11.1. The summed E-state index contributed by atoms with van der Waals surface area (Å²) in [6.07, 6.45) is 20.6. The minimum absolute atomic E-state index is 0.205. The summed E-state index contributed by atoms with van der Waals surface area (Å²) in [4.78, 5) is 12.7. The standard InChI is InChI=1S/C34H61NO8/c1-3-5-7-9-11-13-14-15-16-18-20-22-24-30(38)35-27(28(37)23-21-19-17-12-10-8-6-4-2)26-42-34-33(41)32(40)31(39)29(25-36)43-34/h10-13,21,23,27-29,31-34,36-37,39-41H,3-9,14-20,22,24-26H2,1-2H3,(H,35,38)/b12-10+,13-11-,23-21+. The van der Waals surface area contributed by atoms with Gasteiger partial charge in [-0.25, -0.2) is 0 Å².